The highest BCUT2D eigenvalue weighted by molar-refractivity contribution is 5.58. The highest BCUT2D eigenvalue weighted by Crippen LogP contribution is 2.26. The Morgan fingerprint density at radius 1 is 1.38 bits per heavy atom. The van der Waals surface area contributed by atoms with Crippen LogP contribution in [0.25, 0.3) is 0 Å². The molecule has 13 heavy (non-hydrogen) atoms. The Hall–Kier alpha value is -1.62. The van der Waals surface area contributed by atoms with Gasteiger partial charge in [0.2, 0.25) is 0 Å². The normalized spacial score (nSPS) is 19.2. The number of carbonyl (C=O) groups is 1. The van der Waals surface area contributed by atoms with Crippen molar-refractivity contribution in [2.24, 2.45) is 5.92 Å². The van der Waals surface area contributed by atoms with Crippen LogP contribution < -0.4 is 0 Å². The molecule has 0 spiro atoms. The molecule has 2 rings (SSSR count). The van der Waals surface area contributed by atoms with Crippen molar-refractivity contribution in [3.8, 4) is 6.07 Å². The minimum Gasteiger partial charge on any atom is -0.303 e. The van der Waals surface area contributed by atoms with E-state index < -0.39 is 0 Å². The predicted molar refractivity (Wildman–Crippen MR) is 48.1 cm³/mol. The van der Waals surface area contributed by atoms with Gasteiger partial charge in [0.25, 0.3) is 0 Å². The average Bonchev–Trinajstić information content (AvgIpc) is 2.58. The second kappa shape index (κ2) is 3.02. The minimum absolute atomic E-state index is 0.129. The van der Waals surface area contributed by atoms with E-state index in [4.69, 9.17) is 5.26 Å². The van der Waals surface area contributed by atoms with Crippen LogP contribution in [0.4, 0.5) is 0 Å². The van der Waals surface area contributed by atoms with Crippen molar-refractivity contribution in [3.63, 3.8) is 0 Å². The van der Waals surface area contributed by atoms with Crippen LogP contribution in [0.1, 0.15) is 16.7 Å². The first-order chi connectivity index (χ1) is 6.33. The van der Waals surface area contributed by atoms with Gasteiger partial charge in [0.1, 0.15) is 6.29 Å². The van der Waals surface area contributed by atoms with Crippen LogP contribution in [0.2, 0.25) is 0 Å². The van der Waals surface area contributed by atoms with Crippen molar-refractivity contribution in [2.75, 3.05) is 0 Å². The summed E-state index contributed by atoms with van der Waals surface area (Å²) in [5.74, 6) is 0.129. The lowest BCUT2D eigenvalue weighted by Gasteiger charge is -1.96. The van der Waals surface area contributed by atoms with Crippen molar-refractivity contribution in [1.29, 1.82) is 5.26 Å². The molecule has 0 saturated heterocycles. The summed E-state index contributed by atoms with van der Waals surface area (Å²) in [7, 11) is 0. The van der Waals surface area contributed by atoms with E-state index in [9.17, 15) is 4.79 Å². The fourth-order valence-electron chi connectivity index (χ4n) is 1.82. The summed E-state index contributed by atoms with van der Waals surface area (Å²) in [4.78, 5) is 10.6. The number of hydrogen-bond acceptors (Lipinski definition) is 2. The van der Waals surface area contributed by atoms with Crippen LogP contribution in [-0.2, 0) is 17.6 Å². The summed E-state index contributed by atoms with van der Waals surface area (Å²) in [6.45, 7) is 0. The molecule has 0 aromatic heterocycles. The molecule has 0 aliphatic heterocycles. The number of rotatable bonds is 1. The average molecular weight is 171 g/mol. The van der Waals surface area contributed by atoms with Crippen LogP contribution >= 0.6 is 0 Å². The topological polar surface area (TPSA) is 40.9 Å². The zero-order valence-electron chi connectivity index (χ0n) is 7.16. The van der Waals surface area contributed by atoms with Crippen molar-refractivity contribution in [3.05, 3.63) is 34.9 Å². The van der Waals surface area contributed by atoms with E-state index in [-0.39, 0.29) is 5.92 Å². The van der Waals surface area contributed by atoms with Gasteiger partial charge in [0, 0.05) is 5.92 Å². The molecule has 0 bridgehead atoms. The fraction of sp³-hybridized carbons (Fsp3) is 0.273. The van der Waals surface area contributed by atoms with Gasteiger partial charge in [-0.2, -0.15) is 5.26 Å². The Balaban J connectivity index is 2.37. The standard InChI is InChI=1S/C11H9NO/c12-6-8-1-2-10-4-9(7-13)5-11(10)3-8/h1-3,7,9H,4-5H2/t9-/m1/s1. The largest absolute Gasteiger partial charge is 0.303 e. The number of fused-ring (bicyclic) bond motifs is 1. The Kier molecular flexibility index (Phi) is 1.86. The third-order valence-electron chi connectivity index (χ3n) is 2.49. The van der Waals surface area contributed by atoms with E-state index in [1.165, 1.54) is 5.56 Å². The van der Waals surface area contributed by atoms with Gasteiger partial charge in [-0.05, 0) is 36.1 Å². The van der Waals surface area contributed by atoms with Gasteiger partial charge in [0.15, 0.2) is 0 Å². The van der Waals surface area contributed by atoms with Crippen LogP contribution in [0, 0.1) is 17.2 Å². The van der Waals surface area contributed by atoms with Gasteiger partial charge in [-0.1, -0.05) is 6.07 Å². The molecular formula is C11H9NO. The fourth-order valence-corrected chi connectivity index (χ4v) is 1.82. The molecule has 1 aromatic carbocycles. The predicted octanol–water partition coefficient (Wildman–Crippen LogP) is 1.47. The van der Waals surface area contributed by atoms with Crippen molar-refractivity contribution in [1.82, 2.24) is 0 Å². The Morgan fingerprint density at radius 2 is 2.15 bits per heavy atom. The second-order valence-corrected chi connectivity index (χ2v) is 3.40. The van der Waals surface area contributed by atoms with Crippen LogP contribution in [0.3, 0.4) is 0 Å². The van der Waals surface area contributed by atoms with Crippen LogP contribution in [0.15, 0.2) is 18.2 Å². The van der Waals surface area contributed by atoms with E-state index in [0.717, 1.165) is 24.7 Å². The summed E-state index contributed by atoms with van der Waals surface area (Å²) >= 11 is 0. The first-order valence-electron chi connectivity index (χ1n) is 4.30. The lowest BCUT2D eigenvalue weighted by Crippen LogP contribution is -1.99. The highest BCUT2D eigenvalue weighted by atomic mass is 16.1. The van der Waals surface area contributed by atoms with Gasteiger partial charge < -0.3 is 4.79 Å². The maximum atomic E-state index is 10.6. The second-order valence-electron chi connectivity index (χ2n) is 3.40. The van der Waals surface area contributed by atoms with Gasteiger partial charge in [-0.3, -0.25) is 0 Å². The molecule has 0 N–H and O–H groups in total. The molecule has 2 nitrogen and oxygen atoms in total. The van der Waals surface area contributed by atoms with E-state index >= 15 is 0 Å². The van der Waals surface area contributed by atoms with E-state index in [2.05, 4.69) is 6.07 Å². The quantitative estimate of drug-likeness (QED) is 0.600. The summed E-state index contributed by atoms with van der Waals surface area (Å²) in [5, 5.41) is 8.67. The number of aldehydes is 1. The summed E-state index contributed by atoms with van der Waals surface area (Å²) in [6.07, 6.45) is 2.64. The molecule has 1 aromatic rings. The number of hydrogen-bond donors (Lipinski definition) is 0. The van der Waals surface area contributed by atoms with Gasteiger partial charge >= 0.3 is 0 Å². The molecule has 0 unspecified atom stereocenters. The summed E-state index contributed by atoms with van der Waals surface area (Å²) < 4.78 is 0. The van der Waals surface area contributed by atoms with Crippen molar-refractivity contribution >= 4 is 6.29 Å². The first-order valence-corrected chi connectivity index (χ1v) is 4.30. The molecule has 1 atom stereocenters. The summed E-state index contributed by atoms with van der Waals surface area (Å²) in [5.41, 5.74) is 3.07. The maximum Gasteiger partial charge on any atom is 0.123 e. The molecule has 1 aliphatic rings. The zero-order chi connectivity index (χ0) is 9.26. The number of carbonyl (C=O) groups excluding carboxylic acids is 1. The van der Waals surface area contributed by atoms with E-state index in [1.54, 1.807) is 0 Å². The summed E-state index contributed by atoms with van der Waals surface area (Å²) in [6, 6.07) is 7.76. The molecule has 0 heterocycles. The van der Waals surface area contributed by atoms with Gasteiger partial charge in [0.05, 0.1) is 11.6 Å². The molecular weight excluding hydrogens is 162 g/mol. The SMILES string of the molecule is N#Cc1ccc2c(c1)C[C@H](C=O)C2. The Labute approximate surface area is 76.8 Å². The monoisotopic (exact) mass is 171 g/mol. The Morgan fingerprint density at radius 3 is 2.85 bits per heavy atom. The Bertz CT molecular complexity index is 390. The van der Waals surface area contributed by atoms with Crippen molar-refractivity contribution in [2.45, 2.75) is 12.8 Å². The van der Waals surface area contributed by atoms with Gasteiger partial charge in [-0.15, -0.1) is 0 Å². The number of nitriles is 1. The molecule has 0 amide bonds. The van der Waals surface area contributed by atoms with E-state index in [1.807, 2.05) is 18.2 Å². The third kappa shape index (κ3) is 1.33. The van der Waals surface area contributed by atoms with Gasteiger partial charge in [-0.25, -0.2) is 0 Å². The molecule has 0 saturated carbocycles. The zero-order valence-corrected chi connectivity index (χ0v) is 7.16. The number of nitrogens with zero attached hydrogens (tertiary/aromatic N) is 1. The van der Waals surface area contributed by atoms with Crippen LogP contribution in [-0.4, -0.2) is 6.29 Å². The minimum atomic E-state index is 0.129. The lowest BCUT2D eigenvalue weighted by atomic mass is 10.1. The molecule has 2 heteroatoms. The molecule has 0 fully saturated rings. The first kappa shape index (κ1) is 8.00. The van der Waals surface area contributed by atoms with Crippen molar-refractivity contribution < 1.29 is 4.79 Å². The number of benzene rings is 1. The highest BCUT2D eigenvalue weighted by Gasteiger charge is 2.20. The molecule has 64 valence electrons. The smallest absolute Gasteiger partial charge is 0.123 e. The van der Waals surface area contributed by atoms with E-state index in [0.29, 0.717) is 5.56 Å². The lowest BCUT2D eigenvalue weighted by molar-refractivity contribution is -0.110. The molecule has 0 radical (unpaired) electrons. The maximum absolute atomic E-state index is 10.6. The third-order valence-corrected chi connectivity index (χ3v) is 2.49. The van der Waals surface area contributed by atoms with Crippen LogP contribution in [0.5, 0.6) is 0 Å². The molecule has 1 aliphatic carbocycles.